The number of nitrogens with one attached hydrogen (secondary N) is 2. The molecule has 0 saturated carbocycles. The Morgan fingerprint density at radius 3 is 2.22 bits per heavy atom. The second-order valence-electron chi connectivity index (χ2n) is 6.73. The maximum atomic E-state index is 4.60. The molecule has 1 aromatic heterocycles. The van der Waals surface area contributed by atoms with E-state index >= 15 is 0 Å². The number of nitrogens with zero attached hydrogens (tertiary/aromatic N) is 2. The minimum Gasteiger partial charge on any atom is -0.370 e. The van der Waals surface area contributed by atoms with E-state index in [1.165, 1.54) is 16.7 Å². The van der Waals surface area contributed by atoms with Crippen molar-refractivity contribution in [2.24, 2.45) is 5.92 Å². The topological polar surface area (TPSA) is 49.8 Å². The third-order valence-electron chi connectivity index (χ3n) is 3.80. The number of hydrogen-bond acceptors (Lipinski definition) is 4. The molecule has 0 aliphatic heterocycles. The fourth-order valence-corrected chi connectivity index (χ4v) is 2.69. The molecule has 23 heavy (non-hydrogen) atoms. The summed E-state index contributed by atoms with van der Waals surface area (Å²) in [5.41, 5.74) is 5.74. The van der Waals surface area contributed by atoms with Gasteiger partial charge in [0.2, 0.25) is 5.95 Å². The van der Waals surface area contributed by atoms with Crippen LogP contribution in [0, 0.1) is 33.6 Å². The van der Waals surface area contributed by atoms with Crippen molar-refractivity contribution in [2.75, 3.05) is 17.2 Å². The fourth-order valence-electron chi connectivity index (χ4n) is 2.69. The lowest BCUT2D eigenvalue weighted by Gasteiger charge is -2.14. The largest absolute Gasteiger partial charge is 0.370 e. The van der Waals surface area contributed by atoms with Gasteiger partial charge in [0.15, 0.2) is 0 Å². The zero-order valence-corrected chi connectivity index (χ0v) is 15.1. The Labute approximate surface area is 139 Å². The Morgan fingerprint density at radius 1 is 0.957 bits per heavy atom. The van der Waals surface area contributed by atoms with Crippen molar-refractivity contribution in [3.8, 4) is 0 Å². The van der Waals surface area contributed by atoms with Gasteiger partial charge >= 0.3 is 0 Å². The van der Waals surface area contributed by atoms with Crippen LogP contribution in [0.4, 0.5) is 17.5 Å². The summed E-state index contributed by atoms with van der Waals surface area (Å²) in [5, 5.41) is 6.78. The van der Waals surface area contributed by atoms with Gasteiger partial charge in [0.05, 0.1) is 0 Å². The van der Waals surface area contributed by atoms with Crippen molar-refractivity contribution in [1.82, 2.24) is 9.97 Å². The molecule has 1 heterocycles. The molecule has 2 N–H and O–H groups in total. The molecule has 4 nitrogen and oxygen atoms in total. The van der Waals surface area contributed by atoms with Gasteiger partial charge in [-0.05, 0) is 51.2 Å². The number of rotatable bonds is 6. The molecule has 0 saturated heterocycles. The predicted molar refractivity (Wildman–Crippen MR) is 98.6 cm³/mol. The minimum atomic E-state index is 0.645. The highest BCUT2D eigenvalue weighted by atomic mass is 15.1. The number of aryl methyl sites for hydroxylation is 4. The van der Waals surface area contributed by atoms with Gasteiger partial charge in [0.1, 0.15) is 5.82 Å². The Hall–Kier alpha value is -2.10. The van der Waals surface area contributed by atoms with Gasteiger partial charge in [-0.1, -0.05) is 31.5 Å². The fraction of sp³-hybridized carbons (Fsp3) is 0.474. The molecule has 2 aromatic rings. The smallest absolute Gasteiger partial charge is 0.229 e. The van der Waals surface area contributed by atoms with Gasteiger partial charge in [-0.15, -0.1) is 0 Å². The minimum absolute atomic E-state index is 0.645. The molecule has 4 heteroatoms. The van der Waals surface area contributed by atoms with E-state index in [9.17, 15) is 0 Å². The van der Waals surface area contributed by atoms with Crippen LogP contribution in [0.3, 0.4) is 0 Å². The van der Waals surface area contributed by atoms with Crippen LogP contribution in [-0.4, -0.2) is 16.5 Å². The van der Waals surface area contributed by atoms with E-state index in [0.717, 1.165) is 30.2 Å². The molecule has 0 fully saturated rings. The van der Waals surface area contributed by atoms with Gasteiger partial charge in [-0.3, -0.25) is 0 Å². The van der Waals surface area contributed by atoms with Gasteiger partial charge < -0.3 is 10.6 Å². The molecule has 0 spiro atoms. The SMILES string of the molecule is Cc1cc(C)c(Nc2nc(C)cc(NCCC(C)C)n2)c(C)c1. The number of benzene rings is 1. The first-order valence-corrected chi connectivity index (χ1v) is 8.29. The maximum Gasteiger partial charge on any atom is 0.229 e. The van der Waals surface area contributed by atoms with E-state index in [2.05, 4.69) is 67.4 Å². The quantitative estimate of drug-likeness (QED) is 0.795. The Morgan fingerprint density at radius 2 is 1.61 bits per heavy atom. The van der Waals surface area contributed by atoms with Crippen molar-refractivity contribution in [2.45, 2.75) is 48.0 Å². The van der Waals surface area contributed by atoms with Gasteiger partial charge in [-0.2, -0.15) is 4.98 Å². The first-order chi connectivity index (χ1) is 10.8. The Balaban J connectivity index is 2.19. The van der Waals surface area contributed by atoms with Gasteiger partial charge in [0, 0.05) is 24.0 Å². The zero-order valence-electron chi connectivity index (χ0n) is 15.1. The predicted octanol–water partition coefficient (Wildman–Crippen LogP) is 4.91. The highest BCUT2D eigenvalue weighted by molar-refractivity contribution is 5.64. The van der Waals surface area contributed by atoms with Crippen molar-refractivity contribution in [1.29, 1.82) is 0 Å². The normalized spacial score (nSPS) is 10.9. The van der Waals surface area contributed by atoms with Gasteiger partial charge in [-0.25, -0.2) is 4.98 Å². The third-order valence-corrected chi connectivity index (χ3v) is 3.80. The van der Waals surface area contributed by atoms with Gasteiger partial charge in [0.25, 0.3) is 0 Å². The number of anilines is 3. The van der Waals surface area contributed by atoms with Crippen LogP contribution in [-0.2, 0) is 0 Å². The molecular formula is C19H28N4. The summed E-state index contributed by atoms with van der Waals surface area (Å²) in [6, 6.07) is 6.33. The lowest BCUT2D eigenvalue weighted by Crippen LogP contribution is -2.09. The molecule has 0 bridgehead atoms. The van der Waals surface area contributed by atoms with Crippen LogP contribution in [0.15, 0.2) is 18.2 Å². The lowest BCUT2D eigenvalue weighted by atomic mass is 10.1. The number of aromatic nitrogens is 2. The number of hydrogen-bond donors (Lipinski definition) is 2. The molecular weight excluding hydrogens is 284 g/mol. The summed E-state index contributed by atoms with van der Waals surface area (Å²) in [6.07, 6.45) is 1.13. The van der Waals surface area contributed by atoms with Crippen molar-refractivity contribution >= 4 is 17.5 Å². The lowest BCUT2D eigenvalue weighted by molar-refractivity contribution is 0.606. The monoisotopic (exact) mass is 312 g/mol. The molecule has 0 atom stereocenters. The summed E-state index contributed by atoms with van der Waals surface area (Å²) >= 11 is 0. The maximum absolute atomic E-state index is 4.60. The van der Waals surface area contributed by atoms with Crippen LogP contribution < -0.4 is 10.6 Å². The summed E-state index contributed by atoms with van der Waals surface area (Å²) in [5.74, 6) is 2.20. The van der Waals surface area contributed by atoms with Crippen LogP contribution >= 0.6 is 0 Å². The molecule has 0 radical (unpaired) electrons. The summed E-state index contributed by atoms with van der Waals surface area (Å²) in [6.45, 7) is 13.7. The molecule has 1 aromatic carbocycles. The Kier molecular flexibility index (Phi) is 5.59. The first kappa shape index (κ1) is 17.3. The third kappa shape index (κ3) is 4.95. The second kappa shape index (κ2) is 7.44. The van der Waals surface area contributed by atoms with E-state index in [1.54, 1.807) is 0 Å². The summed E-state index contributed by atoms with van der Waals surface area (Å²) in [4.78, 5) is 9.11. The molecule has 0 aliphatic rings. The molecule has 0 amide bonds. The van der Waals surface area contributed by atoms with Crippen LogP contribution in [0.2, 0.25) is 0 Å². The van der Waals surface area contributed by atoms with E-state index in [4.69, 9.17) is 0 Å². The van der Waals surface area contributed by atoms with Crippen LogP contribution in [0.1, 0.15) is 42.7 Å². The molecule has 2 rings (SSSR count). The zero-order chi connectivity index (χ0) is 17.0. The first-order valence-electron chi connectivity index (χ1n) is 8.29. The highest BCUT2D eigenvalue weighted by Gasteiger charge is 2.08. The van der Waals surface area contributed by atoms with E-state index < -0.39 is 0 Å². The molecule has 0 unspecified atom stereocenters. The average molecular weight is 312 g/mol. The molecule has 124 valence electrons. The van der Waals surface area contributed by atoms with E-state index in [1.807, 2.05) is 13.0 Å². The summed E-state index contributed by atoms with van der Waals surface area (Å²) in [7, 11) is 0. The van der Waals surface area contributed by atoms with Crippen molar-refractivity contribution in [3.63, 3.8) is 0 Å². The highest BCUT2D eigenvalue weighted by Crippen LogP contribution is 2.25. The second-order valence-corrected chi connectivity index (χ2v) is 6.73. The van der Waals surface area contributed by atoms with Crippen LogP contribution in [0.5, 0.6) is 0 Å². The van der Waals surface area contributed by atoms with Crippen molar-refractivity contribution < 1.29 is 0 Å². The molecule has 0 aliphatic carbocycles. The van der Waals surface area contributed by atoms with Crippen molar-refractivity contribution in [3.05, 3.63) is 40.6 Å². The average Bonchev–Trinajstić information content (AvgIpc) is 2.42. The summed E-state index contributed by atoms with van der Waals surface area (Å²) < 4.78 is 0. The van der Waals surface area contributed by atoms with Crippen LogP contribution in [0.25, 0.3) is 0 Å². The van der Waals surface area contributed by atoms with E-state index in [-0.39, 0.29) is 0 Å². The Bertz CT molecular complexity index is 654. The van der Waals surface area contributed by atoms with E-state index in [0.29, 0.717) is 11.9 Å². The standard InChI is InChI=1S/C19H28N4/c1-12(2)7-8-20-17-11-16(6)21-19(22-17)23-18-14(4)9-13(3)10-15(18)5/h9-12H,7-8H2,1-6H3,(H2,20,21,22,23).